The maximum atomic E-state index is 14.2. The van der Waals surface area contributed by atoms with E-state index in [1.807, 2.05) is 20.8 Å². The van der Waals surface area contributed by atoms with Gasteiger partial charge in [-0.1, -0.05) is 38.4 Å². The van der Waals surface area contributed by atoms with Gasteiger partial charge in [0.15, 0.2) is 0 Å². The van der Waals surface area contributed by atoms with Crippen LogP contribution in [0.1, 0.15) is 52.0 Å². The third-order valence-corrected chi connectivity index (χ3v) is 3.85. The van der Waals surface area contributed by atoms with Crippen LogP contribution >= 0.6 is 11.6 Å². The first-order valence-electron chi connectivity index (χ1n) is 7.70. The lowest BCUT2D eigenvalue weighted by Gasteiger charge is -2.24. The Labute approximate surface area is 144 Å². The maximum absolute atomic E-state index is 14.2. The molecule has 1 aliphatic carbocycles. The van der Waals surface area contributed by atoms with Crippen LogP contribution in [0.4, 0.5) is 18.9 Å². The fourth-order valence-corrected chi connectivity index (χ4v) is 2.74. The summed E-state index contributed by atoms with van der Waals surface area (Å²) in [5, 5.41) is 2.43. The summed E-state index contributed by atoms with van der Waals surface area (Å²) in [4.78, 5) is 15.6. The highest BCUT2D eigenvalue weighted by atomic mass is 35.5. The molecule has 3 nitrogen and oxygen atoms in total. The van der Waals surface area contributed by atoms with E-state index in [0.29, 0.717) is 11.1 Å². The molecule has 2 rings (SSSR count). The van der Waals surface area contributed by atoms with E-state index in [2.05, 4.69) is 10.3 Å². The van der Waals surface area contributed by atoms with Gasteiger partial charge in [0.2, 0.25) is 11.9 Å². The van der Waals surface area contributed by atoms with E-state index in [1.54, 1.807) is 0 Å². The van der Waals surface area contributed by atoms with Crippen LogP contribution in [-0.4, -0.2) is 16.8 Å². The Kier molecular flexibility index (Phi) is 5.28. The number of rotatable bonds is 3. The zero-order valence-corrected chi connectivity index (χ0v) is 14.6. The smallest absolute Gasteiger partial charge is 0.251 e. The number of hydrogen-bond acceptors (Lipinski definition) is 2. The molecule has 1 aromatic rings. The van der Waals surface area contributed by atoms with Gasteiger partial charge in [-0.05, 0) is 23.5 Å². The molecule has 1 amide bonds. The summed E-state index contributed by atoms with van der Waals surface area (Å²) in [6, 6.07) is 1.40. The number of alkyl halides is 2. The van der Waals surface area contributed by atoms with Gasteiger partial charge in [0.1, 0.15) is 10.8 Å². The lowest BCUT2D eigenvalue weighted by Crippen LogP contribution is -2.22. The Morgan fingerprint density at radius 3 is 2.62 bits per heavy atom. The molecule has 0 saturated heterocycles. The highest BCUT2D eigenvalue weighted by molar-refractivity contribution is 6.29. The van der Waals surface area contributed by atoms with Crippen LogP contribution in [0.15, 0.2) is 12.1 Å². The van der Waals surface area contributed by atoms with Gasteiger partial charge in [0.25, 0.3) is 5.92 Å². The van der Waals surface area contributed by atoms with Crippen LogP contribution in [0.3, 0.4) is 0 Å². The summed E-state index contributed by atoms with van der Waals surface area (Å²) in [6.45, 7) is 5.65. The monoisotopic (exact) mass is 360 g/mol. The second kappa shape index (κ2) is 6.75. The van der Waals surface area contributed by atoms with Gasteiger partial charge in [0, 0.05) is 24.8 Å². The number of amides is 1. The summed E-state index contributed by atoms with van der Waals surface area (Å²) in [6.07, 6.45) is 0.892. The van der Waals surface area contributed by atoms with Crippen molar-refractivity contribution in [1.82, 2.24) is 4.98 Å². The number of allylic oxidation sites excluding steroid dienone is 2. The number of nitrogens with zero attached hydrogens (tertiary/aromatic N) is 1. The molecule has 0 aromatic carbocycles. The molecule has 1 heterocycles. The number of anilines is 1. The van der Waals surface area contributed by atoms with Crippen molar-refractivity contribution in [1.29, 1.82) is 0 Å². The Balaban J connectivity index is 2.35. The topological polar surface area (TPSA) is 42.0 Å². The van der Waals surface area contributed by atoms with E-state index in [-0.39, 0.29) is 41.4 Å². The normalized spacial score (nSPS) is 17.4. The highest BCUT2D eigenvalue weighted by Gasteiger charge is 2.32. The van der Waals surface area contributed by atoms with E-state index in [0.717, 1.165) is 0 Å². The molecule has 7 heteroatoms. The van der Waals surface area contributed by atoms with Crippen LogP contribution in [0.2, 0.25) is 5.15 Å². The molecule has 0 bridgehead atoms. The standard InChI is InChI=1S/C17H20ClF3N2O/c1-16(2,3)9-13(24)23-14-11(8-12(18)22-15(14)19)10-4-6-17(20,21)7-5-10/h4,8H,5-7,9H2,1-3H3,(H,23,24). The first kappa shape index (κ1) is 18.8. The van der Waals surface area contributed by atoms with Gasteiger partial charge in [-0.2, -0.15) is 4.39 Å². The quantitative estimate of drug-likeness (QED) is 0.728. The number of hydrogen-bond donors (Lipinski definition) is 1. The van der Waals surface area contributed by atoms with Crippen molar-refractivity contribution in [2.24, 2.45) is 5.41 Å². The van der Waals surface area contributed by atoms with Crippen molar-refractivity contribution in [3.05, 3.63) is 28.8 Å². The van der Waals surface area contributed by atoms with Crippen molar-refractivity contribution >= 4 is 28.8 Å². The third-order valence-electron chi connectivity index (χ3n) is 3.65. The molecular weight excluding hydrogens is 341 g/mol. The molecule has 0 unspecified atom stereocenters. The van der Waals surface area contributed by atoms with Crippen LogP contribution in [-0.2, 0) is 4.79 Å². The summed E-state index contributed by atoms with van der Waals surface area (Å²) in [5.74, 6) is -4.04. The predicted octanol–water partition coefficient (Wildman–Crippen LogP) is 5.45. The molecular formula is C17H20ClF3N2O. The number of pyridine rings is 1. The average molecular weight is 361 g/mol. The van der Waals surface area contributed by atoms with Crippen LogP contribution in [0.25, 0.3) is 5.57 Å². The largest absolute Gasteiger partial charge is 0.322 e. The van der Waals surface area contributed by atoms with Crippen molar-refractivity contribution in [2.45, 2.75) is 52.4 Å². The molecule has 1 aromatic heterocycles. The first-order chi connectivity index (χ1) is 11.0. The molecule has 1 N–H and O–H groups in total. The summed E-state index contributed by atoms with van der Waals surface area (Å²) in [7, 11) is 0. The van der Waals surface area contributed by atoms with Gasteiger partial charge in [0.05, 0.1) is 0 Å². The van der Waals surface area contributed by atoms with Gasteiger partial charge in [-0.25, -0.2) is 13.8 Å². The zero-order chi connectivity index (χ0) is 18.1. The number of nitrogens with one attached hydrogen (secondary N) is 1. The number of aromatic nitrogens is 1. The minimum absolute atomic E-state index is 0.0783. The minimum Gasteiger partial charge on any atom is -0.322 e. The molecule has 0 radical (unpaired) electrons. The Hall–Kier alpha value is -1.56. The van der Waals surface area contributed by atoms with E-state index < -0.39 is 18.3 Å². The predicted molar refractivity (Wildman–Crippen MR) is 88.7 cm³/mol. The first-order valence-corrected chi connectivity index (χ1v) is 8.08. The Bertz CT molecular complexity index is 681. The molecule has 0 aliphatic heterocycles. The Morgan fingerprint density at radius 2 is 2.08 bits per heavy atom. The fraction of sp³-hybridized carbons (Fsp3) is 0.529. The van der Waals surface area contributed by atoms with E-state index in [9.17, 15) is 18.0 Å². The summed E-state index contributed by atoms with van der Waals surface area (Å²) in [5.41, 5.74) is 0.470. The zero-order valence-electron chi connectivity index (χ0n) is 13.9. The molecule has 1 aliphatic rings. The summed E-state index contributed by atoms with van der Waals surface area (Å²) >= 11 is 5.80. The Morgan fingerprint density at radius 1 is 1.42 bits per heavy atom. The van der Waals surface area contributed by atoms with Gasteiger partial charge in [-0.3, -0.25) is 4.79 Å². The molecule has 24 heavy (non-hydrogen) atoms. The van der Waals surface area contributed by atoms with Crippen LogP contribution in [0.5, 0.6) is 0 Å². The van der Waals surface area contributed by atoms with Crippen LogP contribution < -0.4 is 5.32 Å². The molecule has 0 atom stereocenters. The molecule has 0 fully saturated rings. The lowest BCUT2D eigenvalue weighted by molar-refractivity contribution is -0.117. The van der Waals surface area contributed by atoms with Crippen LogP contribution in [0, 0.1) is 11.4 Å². The molecule has 0 spiro atoms. The second-order valence-corrected chi connectivity index (χ2v) is 7.62. The van der Waals surface area contributed by atoms with Crippen molar-refractivity contribution in [3.63, 3.8) is 0 Å². The highest BCUT2D eigenvalue weighted by Crippen LogP contribution is 2.39. The van der Waals surface area contributed by atoms with Gasteiger partial charge < -0.3 is 5.32 Å². The third kappa shape index (κ3) is 4.97. The summed E-state index contributed by atoms with van der Waals surface area (Å²) < 4.78 is 40.9. The fourth-order valence-electron chi connectivity index (χ4n) is 2.56. The SMILES string of the molecule is CC(C)(C)CC(=O)Nc1c(C2=CCC(F)(F)CC2)cc(Cl)nc1F. The van der Waals surface area contributed by atoms with Gasteiger partial charge >= 0.3 is 0 Å². The van der Waals surface area contributed by atoms with E-state index in [4.69, 9.17) is 11.6 Å². The average Bonchev–Trinajstić information content (AvgIpc) is 2.39. The minimum atomic E-state index is -2.76. The number of carbonyl (C=O) groups is 1. The second-order valence-electron chi connectivity index (χ2n) is 7.23. The van der Waals surface area contributed by atoms with E-state index in [1.165, 1.54) is 12.1 Å². The molecule has 132 valence electrons. The lowest BCUT2D eigenvalue weighted by atomic mass is 9.90. The van der Waals surface area contributed by atoms with Crippen molar-refractivity contribution in [3.8, 4) is 0 Å². The van der Waals surface area contributed by atoms with E-state index >= 15 is 0 Å². The number of halogens is 4. The molecule has 0 saturated carbocycles. The number of carbonyl (C=O) groups excluding carboxylic acids is 1. The maximum Gasteiger partial charge on any atom is 0.251 e. The van der Waals surface area contributed by atoms with Crippen molar-refractivity contribution < 1.29 is 18.0 Å². The van der Waals surface area contributed by atoms with Crippen molar-refractivity contribution in [2.75, 3.05) is 5.32 Å². The van der Waals surface area contributed by atoms with Gasteiger partial charge in [-0.15, -0.1) is 0 Å².